The van der Waals surface area contributed by atoms with E-state index in [1.54, 1.807) is 12.1 Å². The lowest BCUT2D eigenvalue weighted by Crippen LogP contribution is -2.46. The monoisotopic (exact) mass is 348 g/mol. The van der Waals surface area contributed by atoms with E-state index in [4.69, 9.17) is 0 Å². The molecule has 2 aromatic carbocycles. The van der Waals surface area contributed by atoms with Crippen LogP contribution in [0.15, 0.2) is 54.6 Å². The SMILES string of the molecule is FC(F)(F)c1ccc(N2CCN(CCCc3ccccc3)CC2)cc1. The first-order chi connectivity index (χ1) is 12.0. The van der Waals surface area contributed by atoms with Gasteiger partial charge in [-0.15, -0.1) is 0 Å². The molecule has 0 aliphatic carbocycles. The molecule has 25 heavy (non-hydrogen) atoms. The Bertz CT molecular complexity index is 645. The average molecular weight is 348 g/mol. The quantitative estimate of drug-likeness (QED) is 0.787. The molecule has 134 valence electrons. The first kappa shape index (κ1) is 17.8. The summed E-state index contributed by atoms with van der Waals surface area (Å²) in [6, 6.07) is 16.0. The van der Waals surface area contributed by atoms with Crippen molar-refractivity contribution >= 4 is 5.69 Å². The summed E-state index contributed by atoms with van der Waals surface area (Å²) in [5.41, 5.74) is 1.65. The van der Waals surface area contributed by atoms with Crippen LogP contribution in [0.1, 0.15) is 17.5 Å². The van der Waals surface area contributed by atoms with Crippen molar-refractivity contribution in [2.75, 3.05) is 37.6 Å². The van der Waals surface area contributed by atoms with Gasteiger partial charge in [-0.3, -0.25) is 4.90 Å². The summed E-state index contributed by atoms with van der Waals surface area (Å²) >= 11 is 0. The number of hydrogen-bond donors (Lipinski definition) is 0. The number of anilines is 1. The van der Waals surface area contributed by atoms with Crippen LogP contribution in [0.5, 0.6) is 0 Å². The van der Waals surface area contributed by atoms with Gasteiger partial charge in [0.25, 0.3) is 0 Å². The normalized spacial score (nSPS) is 16.2. The van der Waals surface area contributed by atoms with E-state index in [-0.39, 0.29) is 0 Å². The minimum absolute atomic E-state index is 0.587. The molecule has 5 heteroatoms. The lowest BCUT2D eigenvalue weighted by molar-refractivity contribution is -0.137. The van der Waals surface area contributed by atoms with E-state index in [9.17, 15) is 13.2 Å². The van der Waals surface area contributed by atoms with E-state index in [1.165, 1.54) is 17.7 Å². The lowest BCUT2D eigenvalue weighted by Gasteiger charge is -2.36. The predicted molar refractivity (Wildman–Crippen MR) is 94.9 cm³/mol. The highest BCUT2D eigenvalue weighted by atomic mass is 19.4. The number of aryl methyl sites for hydroxylation is 1. The number of alkyl halides is 3. The highest BCUT2D eigenvalue weighted by molar-refractivity contribution is 5.48. The van der Waals surface area contributed by atoms with Crippen molar-refractivity contribution in [1.82, 2.24) is 4.90 Å². The minimum Gasteiger partial charge on any atom is -0.369 e. The fourth-order valence-electron chi connectivity index (χ4n) is 3.24. The Morgan fingerprint density at radius 2 is 1.44 bits per heavy atom. The van der Waals surface area contributed by atoms with Gasteiger partial charge in [-0.1, -0.05) is 30.3 Å². The van der Waals surface area contributed by atoms with Crippen LogP contribution < -0.4 is 4.90 Å². The zero-order valence-corrected chi connectivity index (χ0v) is 14.2. The van der Waals surface area contributed by atoms with Crippen LogP contribution >= 0.6 is 0 Å². The molecule has 1 fully saturated rings. The second-order valence-electron chi connectivity index (χ2n) is 6.46. The van der Waals surface area contributed by atoms with E-state index in [0.29, 0.717) is 0 Å². The van der Waals surface area contributed by atoms with Crippen LogP contribution in [-0.4, -0.2) is 37.6 Å². The zero-order valence-electron chi connectivity index (χ0n) is 14.2. The van der Waals surface area contributed by atoms with Crippen molar-refractivity contribution in [2.45, 2.75) is 19.0 Å². The van der Waals surface area contributed by atoms with E-state index >= 15 is 0 Å². The summed E-state index contributed by atoms with van der Waals surface area (Å²) in [7, 11) is 0. The molecule has 1 aliphatic rings. The molecular weight excluding hydrogens is 325 g/mol. The van der Waals surface area contributed by atoms with Crippen LogP contribution in [0.3, 0.4) is 0 Å². The summed E-state index contributed by atoms with van der Waals surface area (Å²) < 4.78 is 37.9. The first-order valence-electron chi connectivity index (χ1n) is 8.71. The summed E-state index contributed by atoms with van der Waals surface area (Å²) in [6.07, 6.45) is -2.06. The molecule has 0 atom stereocenters. The van der Waals surface area contributed by atoms with Gasteiger partial charge in [0.2, 0.25) is 0 Å². The predicted octanol–water partition coefficient (Wildman–Crippen LogP) is 4.46. The molecule has 0 N–H and O–H groups in total. The number of nitrogens with zero attached hydrogens (tertiary/aromatic N) is 2. The molecule has 1 saturated heterocycles. The Balaban J connectivity index is 1.44. The Labute approximate surface area is 146 Å². The van der Waals surface area contributed by atoms with Crippen molar-refractivity contribution in [3.05, 3.63) is 65.7 Å². The average Bonchev–Trinajstić information content (AvgIpc) is 2.63. The van der Waals surface area contributed by atoms with Crippen molar-refractivity contribution in [3.63, 3.8) is 0 Å². The van der Waals surface area contributed by atoms with Crippen molar-refractivity contribution in [3.8, 4) is 0 Å². The van der Waals surface area contributed by atoms with Gasteiger partial charge in [0.05, 0.1) is 5.56 Å². The van der Waals surface area contributed by atoms with Crippen LogP contribution in [0.4, 0.5) is 18.9 Å². The van der Waals surface area contributed by atoms with Gasteiger partial charge < -0.3 is 4.90 Å². The lowest BCUT2D eigenvalue weighted by atomic mass is 10.1. The van der Waals surface area contributed by atoms with Crippen LogP contribution in [0.25, 0.3) is 0 Å². The summed E-state index contributed by atoms with van der Waals surface area (Å²) in [6.45, 7) is 4.69. The molecule has 0 bridgehead atoms. The largest absolute Gasteiger partial charge is 0.416 e. The fourth-order valence-corrected chi connectivity index (χ4v) is 3.24. The molecule has 0 saturated carbocycles. The molecule has 0 amide bonds. The Kier molecular flexibility index (Phi) is 5.63. The molecule has 0 unspecified atom stereocenters. The van der Waals surface area contributed by atoms with E-state index in [0.717, 1.165) is 51.3 Å². The van der Waals surface area contributed by atoms with Gasteiger partial charge in [-0.2, -0.15) is 13.2 Å². The third kappa shape index (κ3) is 4.98. The third-order valence-electron chi connectivity index (χ3n) is 4.71. The molecular formula is C20H23F3N2. The second kappa shape index (κ2) is 7.91. The standard InChI is InChI=1S/C20H23F3N2/c21-20(22,23)18-8-10-19(11-9-18)25-15-13-24(14-16-25)12-4-7-17-5-2-1-3-6-17/h1-3,5-6,8-11H,4,7,12-16H2. The Hall–Kier alpha value is -2.01. The maximum absolute atomic E-state index is 12.6. The summed E-state index contributed by atoms with van der Waals surface area (Å²) in [5, 5.41) is 0. The Morgan fingerprint density at radius 3 is 2.04 bits per heavy atom. The van der Waals surface area contributed by atoms with E-state index in [2.05, 4.69) is 34.1 Å². The number of rotatable bonds is 5. The number of hydrogen-bond acceptors (Lipinski definition) is 2. The molecule has 0 aromatic heterocycles. The Morgan fingerprint density at radius 1 is 0.800 bits per heavy atom. The van der Waals surface area contributed by atoms with Crippen molar-refractivity contribution < 1.29 is 13.2 Å². The van der Waals surface area contributed by atoms with E-state index < -0.39 is 11.7 Å². The van der Waals surface area contributed by atoms with Gasteiger partial charge in [0.1, 0.15) is 0 Å². The fraction of sp³-hybridized carbons (Fsp3) is 0.400. The third-order valence-corrected chi connectivity index (χ3v) is 4.71. The topological polar surface area (TPSA) is 6.48 Å². The molecule has 1 heterocycles. The highest BCUT2D eigenvalue weighted by Crippen LogP contribution is 2.30. The van der Waals surface area contributed by atoms with Gasteiger partial charge >= 0.3 is 6.18 Å². The number of halogens is 3. The summed E-state index contributed by atoms with van der Waals surface area (Å²) in [4.78, 5) is 4.59. The van der Waals surface area contributed by atoms with Crippen LogP contribution in [0.2, 0.25) is 0 Å². The van der Waals surface area contributed by atoms with Gasteiger partial charge in [-0.25, -0.2) is 0 Å². The number of benzene rings is 2. The molecule has 3 rings (SSSR count). The van der Waals surface area contributed by atoms with Gasteiger partial charge in [0.15, 0.2) is 0 Å². The number of piperazine rings is 1. The summed E-state index contributed by atoms with van der Waals surface area (Å²) in [5.74, 6) is 0. The van der Waals surface area contributed by atoms with Crippen LogP contribution in [0, 0.1) is 0 Å². The van der Waals surface area contributed by atoms with Gasteiger partial charge in [0, 0.05) is 31.9 Å². The minimum atomic E-state index is -4.27. The van der Waals surface area contributed by atoms with Gasteiger partial charge in [-0.05, 0) is 49.2 Å². The van der Waals surface area contributed by atoms with Crippen molar-refractivity contribution in [1.29, 1.82) is 0 Å². The molecule has 2 aromatic rings. The van der Waals surface area contributed by atoms with Crippen LogP contribution in [-0.2, 0) is 12.6 Å². The smallest absolute Gasteiger partial charge is 0.369 e. The maximum Gasteiger partial charge on any atom is 0.416 e. The molecule has 0 radical (unpaired) electrons. The molecule has 1 aliphatic heterocycles. The molecule has 2 nitrogen and oxygen atoms in total. The molecule has 0 spiro atoms. The first-order valence-corrected chi connectivity index (χ1v) is 8.71. The van der Waals surface area contributed by atoms with E-state index in [1.807, 2.05) is 6.07 Å². The highest BCUT2D eigenvalue weighted by Gasteiger charge is 2.30. The second-order valence-corrected chi connectivity index (χ2v) is 6.46. The van der Waals surface area contributed by atoms with Crippen molar-refractivity contribution in [2.24, 2.45) is 0 Å². The zero-order chi connectivity index (χ0) is 17.7. The maximum atomic E-state index is 12.6.